The fraction of sp³-hybridized carbons (Fsp3) is 0.538. The topological polar surface area (TPSA) is 12.0 Å². The maximum atomic E-state index is 6.15. The molecule has 0 atom stereocenters. The van der Waals surface area contributed by atoms with E-state index in [0.717, 1.165) is 18.0 Å². The highest BCUT2D eigenvalue weighted by molar-refractivity contribution is 6.42. The lowest BCUT2D eigenvalue weighted by Crippen LogP contribution is -2.40. The van der Waals surface area contributed by atoms with Gasteiger partial charge >= 0.3 is 0 Å². The summed E-state index contributed by atoms with van der Waals surface area (Å²) in [5, 5.41) is 4.86. The van der Waals surface area contributed by atoms with E-state index in [1.54, 1.807) is 0 Å². The Morgan fingerprint density at radius 3 is 2.62 bits per heavy atom. The van der Waals surface area contributed by atoms with Crippen molar-refractivity contribution in [3.05, 3.63) is 33.8 Å². The molecule has 88 valence electrons. The van der Waals surface area contributed by atoms with Crippen molar-refractivity contribution in [2.45, 2.75) is 38.8 Å². The summed E-state index contributed by atoms with van der Waals surface area (Å²) >= 11 is 12.1. The van der Waals surface area contributed by atoms with Crippen LogP contribution in [0.3, 0.4) is 0 Å². The first-order chi connectivity index (χ1) is 7.50. The summed E-state index contributed by atoms with van der Waals surface area (Å²) < 4.78 is 0. The van der Waals surface area contributed by atoms with E-state index in [9.17, 15) is 0 Å². The predicted octanol–water partition coefficient (Wildman–Crippen LogP) is 4.27. The van der Waals surface area contributed by atoms with Crippen molar-refractivity contribution in [1.29, 1.82) is 0 Å². The summed E-state index contributed by atoms with van der Waals surface area (Å²) in [7, 11) is 0. The Bertz CT molecular complexity index is 384. The molecule has 1 aliphatic carbocycles. The summed E-state index contributed by atoms with van der Waals surface area (Å²) in [6, 6.07) is 5.78. The fourth-order valence-electron chi connectivity index (χ4n) is 1.96. The molecule has 0 radical (unpaired) electrons. The molecule has 1 aliphatic rings. The molecular weight excluding hydrogens is 241 g/mol. The van der Waals surface area contributed by atoms with E-state index in [4.69, 9.17) is 23.2 Å². The first-order valence-corrected chi connectivity index (χ1v) is 6.44. The first-order valence-electron chi connectivity index (χ1n) is 5.68. The Labute approximate surface area is 107 Å². The van der Waals surface area contributed by atoms with Crippen LogP contribution >= 0.6 is 23.2 Å². The van der Waals surface area contributed by atoms with Crippen LogP contribution in [-0.2, 0) is 6.54 Å². The molecule has 1 saturated carbocycles. The molecule has 0 heterocycles. The second-order valence-corrected chi connectivity index (χ2v) is 5.85. The molecule has 16 heavy (non-hydrogen) atoms. The minimum absolute atomic E-state index is 0.200. The van der Waals surface area contributed by atoms with Crippen LogP contribution in [0, 0.1) is 5.92 Å². The average Bonchev–Trinajstić information content (AvgIpc) is 3.04. The van der Waals surface area contributed by atoms with E-state index in [1.807, 2.05) is 18.2 Å². The second kappa shape index (κ2) is 4.56. The van der Waals surface area contributed by atoms with E-state index in [-0.39, 0.29) is 5.54 Å². The van der Waals surface area contributed by atoms with Crippen molar-refractivity contribution in [2.75, 3.05) is 0 Å². The molecule has 0 aromatic heterocycles. The lowest BCUT2D eigenvalue weighted by atomic mass is 9.98. The average molecular weight is 258 g/mol. The molecule has 1 N–H and O–H groups in total. The summed E-state index contributed by atoms with van der Waals surface area (Å²) in [5.74, 6) is 0.811. The number of nitrogens with one attached hydrogen (secondary N) is 1. The smallest absolute Gasteiger partial charge is 0.0637 e. The summed E-state index contributed by atoms with van der Waals surface area (Å²) in [6.07, 6.45) is 2.67. The number of rotatable bonds is 4. The zero-order valence-corrected chi connectivity index (χ0v) is 11.2. The van der Waals surface area contributed by atoms with Crippen LogP contribution in [-0.4, -0.2) is 5.54 Å². The van der Waals surface area contributed by atoms with E-state index in [2.05, 4.69) is 19.2 Å². The number of benzene rings is 1. The Kier molecular flexibility index (Phi) is 3.48. The van der Waals surface area contributed by atoms with E-state index in [0.29, 0.717) is 10.0 Å². The first kappa shape index (κ1) is 12.2. The van der Waals surface area contributed by atoms with Crippen LogP contribution in [0.15, 0.2) is 18.2 Å². The lowest BCUT2D eigenvalue weighted by molar-refractivity contribution is 0.339. The molecular formula is C13H17Cl2N. The molecule has 1 aromatic carbocycles. The van der Waals surface area contributed by atoms with Gasteiger partial charge in [-0.15, -0.1) is 0 Å². The lowest BCUT2D eigenvalue weighted by Gasteiger charge is -2.26. The minimum atomic E-state index is 0.200. The van der Waals surface area contributed by atoms with Crippen molar-refractivity contribution >= 4 is 23.2 Å². The van der Waals surface area contributed by atoms with E-state index >= 15 is 0 Å². The van der Waals surface area contributed by atoms with Crippen molar-refractivity contribution in [1.82, 2.24) is 5.32 Å². The highest BCUT2D eigenvalue weighted by Crippen LogP contribution is 2.39. The van der Waals surface area contributed by atoms with Gasteiger partial charge in [0.25, 0.3) is 0 Å². The monoisotopic (exact) mass is 257 g/mol. The van der Waals surface area contributed by atoms with Crippen molar-refractivity contribution in [3.63, 3.8) is 0 Å². The van der Waals surface area contributed by atoms with Gasteiger partial charge in [0.1, 0.15) is 0 Å². The van der Waals surface area contributed by atoms with Crippen LogP contribution in [0.5, 0.6) is 0 Å². The molecule has 0 bridgehead atoms. The third-order valence-electron chi connectivity index (χ3n) is 3.36. The fourth-order valence-corrected chi connectivity index (χ4v) is 2.34. The Hall–Kier alpha value is -0.240. The Morgan fingerprint density at radius 1 is 1.31 bits per heavy atom. The number of hydrogen-bond donors (Lipinski definition) is 1. The molecule has 0 unspecified atom stereocenters. The van der Waals surface area contributed by atoms with Crippen molar-refractivity contribution < 1.29 is 0 Å². The third-order valence-corrected chi connectivity index (χ3v) is 4.22. The van der Waals surface area contributed by atoms with Crippen LogP contribution in [0.25, 0.3) is 0 Å². The zero-order valence-electron chi connectivity index (χ0n) is 9.69. The normalized spacial score (nSPS) is 16.5. The molecule has 1 nitrogen and oxygen atoms in total. The van der Waals surface area contributed by atoms with E-state index in [1.165, 1.54) is 12.8 Å². The molecule has 0 aliphatic heterocycles. The summed E-state index contributed by atoms with van der Waals surface area (Å²) in [5.41, 5.74) is 1.27. The van der Waals surface area contributed by atoms with Gasteiger partial charge in [-0.25, -0.2) is 0 Å². The minimum Gasteiger partial charge on any atom is -0.307 e. The van der Waals surface area contributed by atoms with Gasteiger partial charge in [0, 0.05) is 12.1 Å². The molecule has 2 rings (SSSR count). The number of hydrogen-bond acceptors (Lipinski definition) is 1. The van der Waals surface area contributed by atoms with Crippen LogP contribution in [0.2, 0.25) is 10.0 Å². The van der Waals surface area contributed by atoms with Crippen LogP contribution in [0.4, 0.5) is 0 Å². The zero-order chi connectivity index (χ0) is 11.8. The highest BCUT2D eigenvalue weighted by atomic mass is 35.5. The van der Waals surface area contributed by atoms with Crippen molar-refractivity contribution in [3.8, 4) is 0 Å². The largest absolute Gasteiger partial charge is 0.307 e. The van der Waals surface area contributed by atoms with E-state index < -0.39 is 0 Å². The van der Waals surface area contributed by atoms with Crippen LogP contribution < -0.4 is 5.32 Å². The predicted molar refractivity (Wildman–Crippen MR) is 70.1 cm³/mol. The molecule has 3 heteroatoms. The molecule has 1 aromatic rings. The summed E-state index contributed by atoms with van der Waals surface area (Å²) in [4.78, 5) is 0. The van der Waals surface area contributed by atoms with Gasteiger partial charge in [-0.2, -0.15) is 0 Å². The maximum Gasteiger partial charge on any atom is 0.0637 e. The molecule has 1 fully saturated rings. The Morgan fingerprint density at radius 2 is 2.00 bits per heavy atom. The number of halogens is 2. The van der Waals surface area contributed by atoms with Gasteiger partial charge < -0.3 is 5.32 Å². The summed E-state index contributed by atoms with van der Waals surface area (Å²) in [6.45, 7) is 5.29. The van der Waals surface area contributed by atoms with Gasteiger partial charge in [0.2, 0.25) is 0 Å². The standard InChI is InChI=1S/C13H17Cl2N/c1-13(2,10-6-7-10)16-8-9-4-3-5-11(14)12(9)15/h3-5,10,16H,6-8H2,1-2H3. The van der Waals surface area contributed by atoms with Gasteiger partial charge in [-0.05, 0) is 44.2 Å². The Balaban J connectivity index is 2.01. The molecule has 0 amide bonds. The molecule has 0 saturated heterocycles. The molecule has 0 spiro atoms. The highest BCUT2D eigenvalue weighted by Gasteiger charge is 2.37. The van der Waals surface area contributed by atoms with Crippen molar-refractivity contribution in [2.24, 2.45) is 5.92 Å². The van der Waals surface area contributed by atoms with Gasteiger partial charge in [-0.1, -0.05) is 35.3 Å². The van der Waals surface area contributed by atoms with Gasteiger partial charge in [0.05, 0.1) is 10.0 Å². The van der Waals surface area contributed by atoms with Crippen LogP contribution in [0.1, 0.15) is 32.3 Å². The van der Waals surface area contributed by atoms with Gasteiger partial charge in [-0.3, -0.25) is 0 Å². The maximum absolute atomic E-state index is 6.15. The third kappa shape index (κ3) is 2.71. The second-order valence-electron chi connectivity index (χ2n) is 5.06. The quantitative estimate of drug-likeness (QED) is 0.850. The van der Waals surface area contributed by atoms with Gasteiger partial charge in [0.15, 0.2) is 0 Å². The SMILES string of the molecule is CC(C)(NCc1cccc(Cl)c1Cl)C1CC1.